The maximum atomic E-state index is 13.3. The van der Waals surface area contributed by atoms with Gasteiger partial charge in [0.05, 0.1) is 23.9 Å². The van der Waals surface area contributed by atoms with Crippen LogP contribution in [0, 0.1) is 17.8 Å². The third kappa shape index (κ3) is 6.58. The second-order valence-electron chi connectivity index (χ2n) is 11.8. The first-order valence-corrected chi connectivity index (χ1v) is 17.1. The van der Waals surface area contributed by atoms with Gasteiger partial charge in [-0.05, 0) is 55.6 Å². The van der Waals surface area contributed by atoms with Crippen LogP contribution in [0.25, 0.3) is 11.4 Å². The molecule has 1 saturated heterocycles. The van der Waals surface area contributed by atoms with Crippen molar-refractivity contribution in [2.75, 3.05) is 32.1 Å². The van der Waals surface area contributed by atoms with Crippen molar-refractivity contribution >= 4 is 27.8 Å². The zero-order chi connectivity index (χ0) is 28.3. The summed E-state index contributed by atoms with van der Waals surface area (Å²) in [7, 11) is -3.64. The summed E-state index contributed by atoms with van der Waals surface area (Å²) in [5, 5.41) is 9.68. The number of rotatable bonds is 9. The Balaban J connectivity index is 1.35. The van der Waals surface area contributed by atoms with Crippen LogP contribution in [0.3, 0.4) is 0 Å². The average molecular weight is 591 g/mol. The fraction of sp³-hybridized carbons (Fsp3) is 0.690. The SMILES string of the molecule is CC(C)[C@H]1CC[C@H](C)C[C@@H]1OC(=O)CSc1nnc(-c2cccc(S(=O)(=O)N3CCOCC3)c2)n1C1CCCC1. The molecule has 3 fully saturated rings. The first kappa shape index (κ1) is 29.5. The third-order valence-electron chi connectivity index (χ3n) is 8.62. The van der Waals surface area contributed by atoms with Crippen molar-refractivity contribution < 1.29 is 22.7 Å². The predicted octanol–water partition coefficient (Wildman–Crippen LogP) is 5.18. The van der Waals surface area contributed by atoms with E-state index in [1.807, 2.05) is 6.07 Å². The molecule has 1 aromatic carbocycles. The Hall–Kier alpha value is -1.95. The molecule has 0 amide bonds. The quantitative estimate of drug-likeness (QED) is 0.291. The summed E-state index contributed by atoms with van der Waals surface area (Å²) in [6, 6.07) is 7.18. The van der Waals surface area contributed by atoms with Gasteiger partial charge in [0.2, 0.25) is 10.0 Å². The molecular formula is C29H42N4O5S2. The highest BCUT2D eigenvalue weighted by molar-refractivity contribution is 7.99. The summed E-state index contributed by atoms with van der Waals surface area (Å²) in [5.41, 5.74) is 0.708. The van der Waals surface area contributed by atoms with Crippen LogP contribution in [0.1, 0.15) is 71.8 Å². The molecule has 9 nitrogen and oxygen atoms in total. The Labute approximate surface area is 242 Å². The molecular weight excluding hydrogens is 548 g/mol. The summed E-state index contributed by atoms with van der Waals surface area (Å²) in [5.74, 6) is 2.05. The van der Waals surface area contributed by atoms with Gasteiger partial charge < -0.3 is 9.47 Å². The van der Waals surface area contributed by atoms with E-state index in [1.165, 1.54) is 22.5 Å². The van der Waals surface area contributed by atoms with Gasteiger partial charge in [0.25, 0.3) is 0 Å². The minimum atomic E-state index is -3.64. The van der Waals surface area contributed by atoms with Gasteiger partial charge in [-0.2, -0.15) is 4.31 Å². The number of esters is 1. The molecule has 2 heterocycles. The van der Waals surface area contributed by atoms with Crippen molar-refractivity contribution in [1.82, 2.24) is 19.1 Å². The highest BCUT2D eigenvalue weighted by atomic mass is 32.2. The predicted molar refractivity (Wildman–Crippen MR) is 154 cm³/mol. The standard InChI is InChI=1S/C29H42N4O5S2/c1-20(2)25-12-11-21(3)17-26(25)38-27(34)19-39-29-31-30-28(33(29)23-8-4-5-9-23)22-7-6-10-24(18-22)40(35,36)32-13-15-37-16-14-32/h6-7,10,18,20-21,23,25-26H,4-5,8-9,11-17,19H2,1-3H3/t21-,25+,26-/m0/s1. The summed E-state index contributed by atoms with van der Waals surface area (Å²) < 4.78 is 41.6. The number of carbonyl (C=O) groups is 1. The lowest BCUT2D eigenvalue weighted by atomic mass is 9.75. The molecule has 0 spiro atoms. The van der Waals surface area contributed by atoms with Gasteiger partial charge in [-0.1, -0.05) is 63.9 Å². The van der Waals surface area contributed by atoms with Crippen LogP contribution in [0.4, 0.5) is 0 Å². The molecule has 220 valence electrons. The molecule has 0 unspecified atom stereocenters. The van der Waals surface area contributed by atoms with Gasteiger partial charge >= 0.3 is 5.97 Å². The van der Waals surface area contributed by atoms with E-state index in [0.29, 0.717) is 60.6 Å². The van der Waals surface area contributed by atoms with Crippen molar-refractivity contribution in [3.05, 3.63) is 24.3 Å². The summed E-state index contributed by atoms with van der Waals surface area (Å²) >= 11 is 1.36. The largest absolute Gasteiger partial charge is 0.461 e. The fourth-order valence-electron chi connectivity index (χ4n) is 6.37. The highest BCUT2D eigenvalue weighted by Gasteiger charge is 2.34. The summed E-state index contributed by atoms with van der Waals surface area (Å²) in [4.78, 5) is 13.2. The molecule has 3 aliphatic rings. The lowest BCUT2D eigenvalue weighted by Gasteiger charge is -2.36. The Bertz CT molecular complexity index is 1270. The first-order chi connectivity index (χ1) is 19.2. The minimum absolute atomic E-state index is 0.0312. The number of carbonyl (C=O) groups excluding carboxylic acids is 1. The Morgan fingerprint density at radius 1 is 1.12 bits per heavy atom. The van der Waals surface area contributed by atoms with E-state index in [4.69, 9.17) is 9.47 Å². The molecule has 0 bridgehead atoms. The molecule has 1 aromatic heterocycles. The molecule has 40 heavy (non-hydrogen) atoms. The monoisotopic (exact) mass is 590 g/mol. The lowest BCUT2D eigenvalue weighted by Crippen LogP contribution is -2.40. The number of ether oxygens (including phenoxy) is 2. The number of sulfonamides is 1. The molecule has 5 rings (SSSR count). The number of morpholine rings is 1. The van der Waals surface area contributed by atoms with Gasteiger partial charge in [0, 0.05) is 24.7 Å². The van der Waals surface area contributed by atoms with Crippen molar-refractivity contribution in [2.24, 2.45) is 17.8 Å². The molecule has 3 atom stereocenters. The van der Waals surface area contributed by atoms with Crippen molar-refractivity contribution in [3.8, 4) is 11.4 Å². The smallest absolute Gasteiger partial charge is 0.316 e. The van der Waals surface area contributed by atoms with E-state index >= 15 is 0 Å². The van der Waals surface area contributed by atoms with Gasteiger partial charge in [0.1, 0.15) is 6.10 Å². The van der Waals surface area contributed by atoms with E-state index in [-0.39, 0.29) is 28.8 Å². The molecule has 11 heteroatoms. The van der Waals surface area contributed by atoms with E-state index in [2.05, 4.69) is 35.5 Å². The minimum Gasteiger partial charge on any atom is -0.461 e. The van der Waals surface area contributed by atoms with Crippen LogP contribution in [-0.2, 0) is 24.3 Å². The van der Waals surface area contributed by atoms with E-state index in [0.717, 1.165) is 38.5 Å². The maximum absolute atomic E-state index is 13.3. The third-order valence-corrected chi connectivity index (χ3v) is 11.4. The second kappa shape index (κ2) is 12.9. The summed E-state index contributed by atoms with van der Waals surface area (Å²) in [6.07, 6.45) is 7.43. The number of nitrogens with zero attached hydrogens (tertiary/aromatic N) is 4. The van der Waals surface area contributed by atoms with Crippen LogP contribution < -0.4 is 0 Å². The van der Waals surface area contributed by atoms with Crippen LogP contribution >= 0.6 is 11.8 Å². The van der Waals surface area contributed by atoms with E-state index < -0.39 is 10.0 Å². The van der Waals surface area contributed by atoms with Crippen LogP contribution in [0.5, 0.6) is 0 Å². The fourth-order valence-corrected chi connectivity index (χ4v) is 8.61. The molecule has 1 aliphatic heterocycles. The van der Waals surface area contributed by atoms with Gasteiger partial charge in [-0.3, -0.25) is 9.36 Å². The zero-order valence-electron chi connectivity index (χ0n) is 23.8. The normalized spacial score (nSPS) is 24.9. The lowest BCUT2D eigenvalue weighted by molar-refractivity contribution is -0.152. The molecule has 2 aliphatic carbocycles. The number of hydrogen-bond acceptors (Lipinski definition) is 8. The number of aromatic nitrogens is 3. The van der Waals surface area contributed by atoms with Gasteiger partial charge in [-0.25, -0.2) is 8.42 Å². The highest BCUT2D eigenvalue weighted by Crippen LogP contribution is 2.38. The van der Waals surface area contributed by atoms with E-state index in [1.54, 1.807) is 18.2 Å². The first-order valence-electron chi connectivity index (χ1n) is 14.7. The van der Waals surface area contributed by atoms with Crippen molar-refractivity contribution in [2.45, 2.75) is 87.9 Å². The van der Waals surface area contributed by atoms with Gasteiger partial charge in [-0.15, -0.1) is 10.2 Å². The zero-order valence-corrected chi connectivity index (χ0v) is 25.5. The second-order valence-corrected chi connectivity index (χ2v) is 14.7. The van der Waals surface area contributed by atoms with Crippen molar-refractivity contribution in [3.63, 3.8) is 0 Å². The van der Waals surface area contributed by atoms with Crippen LogP contribution in [0.2, 0.25) is 0 Å². The Kier molecular flexibility index (Phi) is 9.54. The number of benzene rings is 1. The number of hydrogen-bond donors (Lipinski definition) is 0. The van der Waals surface area contributed by atoms with Gasteiger partial charge in [0.15, 0.2) is 11.0 Å². The van der Waals surface area contributed by atoms with Crippen molar-refractivity contribution in [1.29, 1.82) is 0 Å². The molecule has 2 saturated carbocycles. The van der Waals surface area contributed by atoms with E-state index in [9.17, 15) is 13.2 Å². The Morgan fingerprint density at radius 2 is 1.88 bits per heavy atom. The summed E-state index contributed by atoms with van der Waals surface area (Å²) in [6.45, 7) is 8.15. The molecule has 0 radical (unpaired) electrons. The van der Waals surface area contributed by atoms with Crippen LogP contribution in [-0.4, -0.2) is 71.6 Å². The van der Waals surface area contributed by atoms with Crippen LogP contribution in [0.15, 0.2) is 34.3 Å². The molecule has 2 aromatic rings. The Morgan fingerprint density at radius 3 is 2.60 bits per heavy atom. The maximum Gasteiger partial charge on any atom is 0.316 e. The number of thioether (sulfide) groups is 1. The molecule has 0 N–H and O–H groups in total. The topological polar surface area (TPSA) is 104 Å². The average Bonchev–Trinajstić information content (AvgIpc) is 3.62.